The van der Waals surface area contributed by atoms with Gasteiger partial charge in [0.15, 0.2) is 0 Å². The van der Waals surface area contributed by atoms with Crippen molar-refractivity contribution < 1.29 is 9.15 Å². The second-order valence-corrected chi connectivity index (χ2v) is 21.6. The average Bonchev–Trinajstić information content (AvgIpc) is 3.38. The van der Waals surface area contributed by atoms with Gasteiger partial charge in [-0.2, -0.15) is 0 Å². The highest BCUT2D eigenvalue weighted by Crippen LogP contribution is 2.64. The van der Waals surface area contributed by atoms with Gasteiger partial charge in [0.05, 0.1) is 17.4 Å². The zero-order chi connectivity index (χ0) is 53.2. The number of nitrogens with zero attached hydrogens (tertiary/aromatic N) is 2. The van der Waals surface area contributed by atoms with Crippen LogP contribution in [-0.4, -0.2) is 16.8 Å². The molecule has 2 spiro atoms. The molecule has 380 valence electrons. The highest BCUT2D eigenvalue weighted by atomic mass is 16.5. The fourth-order valence-electron chi connectivity index (χ4n) is 13.8. The number of ether oxygens (including phenoxy) is 1. The van der Waals surface area contributed by atoms with E-state index in [0.717, 1.165) is 45.6 Å². The van der Waals surface area contributed by atoms with E-state index in [1.165, 1.54) is 121 Å². The van der Waals surface area contributed by atoms with Gasteiger partial charge in [-0.3, -0.25) is 0 Å². The third-order valence-electron chi connectivity index (χ3n) is 17.2. The highest BCUT2D eigenvalue weighted by molar-refractivity contribution is 5.97. The minimum atomic E-state index is -0.458. The maximum Gasteiger partial charge on any atom is 0.248 e. The molecular weight excluding hydrogens is 973 g/mol. The van der Waals surface area contributed by atoms with Crippen molar-refractivity contribution in [2.75, 3.05) is 6.61 Å². The molecule has 0 atom stereocenters. The zero-order valence-electron chi connectivity index (χ0n) is 44.5. The smallest absolute Gasteiger partial charge is 0.248 e. The van der Waals surface area contributed by atoms with Crippen LogP contribution in [0.25, 0.3) is 67.4 Å². The maximum atomic E-state index is 6.50. The van der Waals surface area contributed by atoms with E-state index in [1.807, 2.05) is 36.4 Å². The molecule has 0 radical (unpaired) electrons. The minimum absolute atomic E-state index is 0.390. The van der Waals surface area contributed by atoms with Crippen LogP contribution in [0, 0.1) is 23.7 Å². The maximum absolute atomic E-state index is 6.50. The summed E-state index contributed by atoms with van der Waals surface area (Å²) >= 11 is 0. The Kier molecular flexibility index (Phi) is 11.5. The third-order valence-corrected chi connectivity index (χ3v) is 17.2. The van der Waals surface area contributed by atoms with Crippen molar-refractivity contribution in [1.82, 2.24) is 10.2 Å². The third kappa shape index (κ3) is 7.40. The molecule has 0 N–H and O–H groups in total. The van der Waals surface area contributed by atoms with E-state index >= 15 is 0 Å². The van der Waals surface area contributed by atoms with E-state index in [4.69, 9.17) is 9.15 Å². The molecule has 10 aromatic carbocycles. The summed E-state index contributed by atoms with van der Waals surface area (Å²) in [7, 11) is 0. The topological polar surface area (TPSA) is 48.2 Å². The van der Waals surface area contributed by atoms with Crippen molar-refractivity contribution >= 4 is 0 Å². The van der Waals surface area contributed by atoms with Gasteiger partial charge in [-0.05, 0) is 162 Å². The van der Waals surface area contributed by atoms with Gasteiger partial charge in [-0.25, -0.2) is 0 Å². The molecule has 80 heavy (non-hydrogen) atoms. The minimum Gasteiger partial charge on any atom is -0.494 e. The molecule has 0 saturated carbocycles. The Morgan fingerprint density at radius 1 is 0.338 bits per heavy atom. The molecule has 15 rings (SSSR count). The largest absolute Gasteiger partial charge is 0.494 e. The van der Waals surface area contributed by atoms with Gasteiger partial charge in [0.25, 0.3) is 0 Å². The standard InChI is InChI=1S/C76H54N2O2/c1-2-3-4-5-6-19-44-79-56-40-38-54(39-41-56)73-77-78-74(80-73)55-46-52(34-32-50-36-42-63-61-24-11-17-30-69(61)75(71(63)48-50)65-26-13-7-20-57(65)58-21-8-14-27-66(58)75)45-53(47-55)35-33-51-37-43-64-62-25-12-18-31-70(62)76(72(64)49-51)67-28-15-9-22-59(67)60-23-10-16-29-68(60)76/h7-18,20-31,36-43,45-49H,2-6,19,44H2,1H3. The van der Waals surface area contributed by atoms with Crippen molar-refractivity contribution in [1.29, 1.82) is 0 Å². The lowest BCUT2D eigenvalue weighted by molar-refractivity contribution is 0.304. The van der Waals surface area contributed by atoms with Gasteiger partial charge in [-0.15, -0.1) is 10.2 Å². The molecule has 4 aliphatic carbocycles. The summed E-state index contributed by atoms with van der Waals surface area (Å²) in [6, 6.07) is 81.0. The van der Waals surface area contributed by atoms with E-state index in [1.54, 1.807) is 0 Å². The van der Waals surface area contributed by atoms with Crippen LogP contribution in [0.5, 0.6) is 5.75 Å². The van der Waals surface area contributed by atoms with E-state index < -0.39 is 10.8 Å². The molecule has 0 fully saturated rings. The van der Waals surface area contributed by atoms with Gasteiger partial charge < -0.3 is 9.15 Å². The molecule has 11 aromatic rings. The number of unbranched alkanes of at least 4 members (excludes halogenated alkanes) is 5. The van der Waals surface area contributed by atoms with Crippen LogP contribution in [0.4, 0.5) is 0 Å². The van der Waals surface area contributed by atoms with Gasteiger partial charge in [0.1, 0.15) is 5.75 Å². The van der Waals surface area contributed by atoms with Crippen molar-refractivity contribution in [3.63, 3.8) is 0 Å². The monoisotopic (exact) mass is 1030 g/mol. The fourth-order valence-corrected chi connectivity index (χ4v) is 13.8. The predicted octanol–water partition coefficient (Wildman–Crippen LogP) is 17.6. The Hall–Kier alpha value is -9.74. The van der Waals surface area contributed by atoms with Crippen LogP contribution >= 0.6 is 0 Å². The van der Waals surface area contributed by atoms with E-state index in [0.29, 0.717) is 18.4 Å². The van der Waals surface area contributed by atoms with Crippen molar-refractivity contribution in [3.8, 4) is 96.8 Å². The Bertz CT molecular complexity index is 4060. The Balaban J connectivity index is 0.813. The number of aromatic nitrogens is 2. The summed E-state index contributed by atoms with van der Waals surface area (Å²) in [5, 5.41) is 9.18. The summed E-state index contributed by atoms with van der Waals surface area (Å²) in [5.41, 5.74) is 24.5. The fraction of sp³-hybridized carbons (Fsp3) is 0.132. The van der Waals surface area contributed by atoms with E-state index in [-0.39, 0.29) is 0 Å². The zero-order valence-corrected chi connectivity index (χ0v) is 44.5. The van der Waals surface area contributed by atoms with Crippen LogP contribution in [0.1, 0.15) is 112 Å². The van der Waals surface area contributed by atoms with Crippen molar-refractivity contribution in [2.24, 2.45) is 0 Å². The Labute approximate surface area is 467 Å². The first kappa shape index (κ1) is 47.5. The normalized spacial score (nSPS) is 13.4. The van der Waals surface area contributed by atoms with Crippen LogP contribution in [0.15, 0.2) is 229 Å². The van der Waals surface area contributed by atoms with Gasteiger partial charge in [-0.1, -0.05) is 220 Å². The van der Waals surface area contributed by atoms with Gasteiger partial charge in [0, 0.05) is 33.4 Å². The predicted molar refractivity (Wildman–Crippen MR) is 321 cm³/mol. The summed E-state index contributed by atoms with van der Waals surface area (Å²) in [6.07, 6.45) is 7.33. The second kappa shape index (κ2) is 19.3. The van der Waals surface area contributed by atoms with E-state index in [9.17, 15) is 0 Å². The molecular formula is C76H54N2O2. The van der Waals surface area contributed by atoms with Crippen LogP contribution in [-0.2, 0) is 10.8 Å². The molecule has 0 bridgehead atoms. The number of fused-ring (bicyclic) bond motifs is 20. The lowest BCUT2D eigenvalue weighted by atomic mass is 9.70. The van der Waals surface area contributed by atoms with E-state index in [2.05, 4.69) is 229 Å². The SMILES string of the molecule is CCCCCCCCOc1ccc(-c2nnc(-c3cc(C#Cc4ccc5c(c4)C4(c6ccccc6-c6ccccc64)c4ccccc4-5)cc(C#Cc4ccc5c(c4)C4(c6ccccc6-c6ccccc64)c4ccccc4-5)c3)o2)cc1. The summed E-state index contributed by atoms with van der Waals surface area (Å²) in [4.78, 5) is 0. The first-order chi connectivity index (χ1) is 39.6. The molecule has 0 aliphatic heterocycles. The molecule has 4 aliphatic rings. The Morgan fingerprint density at radius 2 is 0.700 bits per heavy atom. The molecule has 4 nitrogen and oxygen atoms in total. The number of hydrogen-bond donors (Lipinski definition) is 0. The summed E-state index contributed by atoms with van der Waals surface area (Å²) in [5.74, 6) is 16.1. The molecule has 0 amide bonds. The van der Waals surface area contributed by atoms with Gasteiger partial charge >= 0.3 is 0 Å². The average molecular weight is 1030 g/mol. The number of rotatable bonds is 10. The number of benzene rings is 10. The van der Waals surface area contributed by atoms with Crippen LogP contribution in [0.2, 0.25) is 0 Å². The Morgan fingerprint density at radius 3 is 1.12 bits per heavy atom. The van der Waals surface area contributed by atoms with Crippen LogP contribution in [0.3, 0.4) is 0 Å². The molecule has 0 unspecified atom stereocenters. The van der Waals surface area contributed by atoms with Crippen molar-refractivity contribution in [2.45, 2.75) is 56.3 Å². The highest BCUT2D eigenvalue weighted by Gasteiger charge is 2.53. The van der Waals surface area contributed by atoms with Crippen molar-refractivity contribution in [3.05, 3.63) is 291 Å². The molecule has 1 aromatic heterocycles. The summed E-state index contributed by atoms with van der Waals surface area (Å²) < 4.78 is 12.6. The molecule has 0 saturated heterocycles. The van der Waals surface area contributed by atoms with Gasteiger partial charge in [0.2, 0.25) is 11.8 Å². The lowest BCUT2D eigenvalue weighted by Crippen LogP contribution is -2.25. The summed E-state index contributed by atoms with van der Waals surface area (Å²) in [6.45, 7) is 2.95. The lowest BCUT2D eigenvalue weighted by Gasteiger charge is -2.30. The first-order valence-electron chi connectivity index (χ1n) is 28.2. The quantitative estimate of drug-likeness (QED) is 0.101. The second-order valence-electron chi connectivity index (χ2n) is 21.6. The number of hydrogen-bond acceptors (Lipinski definition) is 4. The first-order valence-corrected chi connectivity index (χ1v) is 28.2. The van der Waals surface area contributed by atoms with Crippen LogP contribution < -0.4 is 4.74 Å². The molecule has 4 heteroatoms. The molecule has 1 heterocycles.